The Kier molecular flexibility index (Phi) is 5.43. The Morgan fingerprint density at radius 2 is 1.92 bits per heavy atom. The maximum Gasteiger partial charge on any atom is 0.573 e. The second kappa shape index (κ2) is 7.16. The smallest absolute Gasteiger partial charge is 0.406 e. The van der Waals surface area contributed by atoms with E-state index in [0.29, 0.717) is 25.1 Å². The highest BCUT2D eigenvalue weighted by atomic mass is 35.5. The Balaban J connectivity index is 2.15. The minimum atomic E-state index is -4.75. The molecule has 5 N–H and O–H groups in total. The van der Waals surface area contributed by atoms with Gasteiger partial charge in [-0.3, -0.25) is 5.41 Å². The fraction of sp³-hybridized carbons (Fsp3) is 0.429. The molecule has 6 nitrogen and oxygen atoms in total. The van der Waals surface area contributed by atoms with Crippen LogP contribution in [-0.4, -0.2) is 41.0 Å². The number of likely N-dealkylation sites (tertiary alicyclic amines) is 1. The van der Waals surface area contributed by atoms with Crippen LogP contribution in [0.1, 0.15) is 12.8 Å². The molecule has 2 unspecified atom stereocenters. The zero-order chi connectivity index (χ0) is 17.9. The van der Waals surface area contributed by atoms with Crippen LogP contribution in [0.15, 0.2) is 29.3 Å². The number of rotatable bonds is 3. The number of ether oxygens (including phenoxy) is 1. The molecule has 0 aliphatic carbocycles. The summed E-state index contributed by atoms with van der Waals surface area (Å²) in [6.45, 7) is 0.489. The number of hydrogen-bond acceptors (Lipinski definition) is 3. The minimum Gasteiger partial charge on any atom is -0.406 e. The van der Waals surface area contributed by atoms with Gasteiger partial charge in [-0.15, -0.1) is 24.8 Å². The molecular weight excluding hydrogens is 347 g/mol. The number of piperidine rings is 1. The normalized spacial score (nSPS) is 22.3. The van der Waals surface area contributed by atoms with E-state index in [9.17, 15) is 13.2 Å². The lowest BCUT2D eigenvalue weighted by atomic mass is 10.0. The molecule has 1 saturated heterocycles. The lowest BCUT2D eigenvalue weighted by Crippen LogP contribution is -2.54. The highest BCUT2D eigenvalue weighted by Gasteiger charge is 2.32. The van der Waals surface area contributed by atoms with Crippen molar-refractivity contribution in [2.24, 2.45) is 16.5 Å². The van der Waals surface area contributed by atoms with Crippen molar-refractivity contribution in [1.29, 1.82) is 5.41 Å². The van der Waals surface area contributed by atoms with Crippen LogP contribution >= 0.6 is 11.6 Å². The van der Waals surface area contributed by atoms with Crippen LogP contribution in [0.5, 0.6) is 5.75 Å². The van der Waals surface area contributed by atoms with Gasteiger partial charge in [-0.05, 0) is 37.1 Å². The number of amidine groups is 1. The van der Waals surface area contributed by atoms with Gasteiger partial charge in [0.25, 0.3) is 0 Å². The molecule has 0 spiro atoms. The predicted molar refractivity (Wildman–Crippen MR) is 85.7 cm³/mol. The van der Waals surface area contributed by atoms with Crippen molar-refractivity contribution >= 4 is 29.1 Å². The Morgan fingerprint density at radius 1 is 1.29 bits per heavy atom. The van der Waals surface area contributed by atoms with E-state index in [4.69, 9.17) is 28.5 Å². The summed E-state index contributed by atoms with van der Waals surface area (Å²) in [7, 11) is 0. The molecule has 2 rings (SSSR count). The van der Waals surface area contributed by atoms with Crippen molar-refractivity contribution in [3.05, 3.63) is 24.3 Å². The minimum absolute atomic E-state index is 0.109. The highest BCUT2D eigenvalue weighted by molar-refractivity contribution is 6.21. The quantitative estimate of drug-likeness (QED) is 0.436. The third-order valence-electron chi connectivity index (χ3n) is 3.52. The molecule has 0 amide bonds. The number of nitrogens with zero attached hydrogens (tertiary/aromatic N) is 2. The molecule has 1 aromatic carbocycles. The summed E-state index contributed by atoms with van der Waals surface area (Å²) < 4.78 is 40.2. The maximum absolute atomic E-state index is 12.1. The molecule has 1 aliphatic heterocycles. The molecule has 1 heterocycles. The molecule has 0 radical (unpaired) electrons. The SMILES string of the molecule is N=C(N)N1CCC(Cl)CC1C(N)=Nc1ccc(OC(F)(F)F)cc1. The Labute approximate surface area is 141 Å². The summed E-state index contributed by atoms with van der Waals surface area (Å²) in [6, 6.07) is 4.58. The van der Waals surface area contributed by atoms with Gasteiger partial charge >= 0.3 is 6.36 Å². The monoisotopic (exact) mass is 363 g/mol. The van der Waals surface area contributed by atoms with Crippen molar-refractivity contribution in [3.63, 3.8) is 0 Å². The second-order valence-corrected chi connectivity index (χ2v) is 5.91. The fourth-order valence-corrected chi connectivity index (χ4v) is 2.70. The van der Waals surface area contributed by atoms with Gasteiger partial charge in [0.1, 0.15) is 11.6 Å². The molecule has 2 atom stereocenters. The van der Waals surface area contributed by atoms with Gasteiger partial charge in [0.2, 0.25) is 0 Å². The first kappa shape index (κ1) is 18.2. The number of aliphatic imine (C=N–C) groups is 1. The van der Waals surface area contributed by atoms with E-state index < -0.39 is 12.4 Å². The maximum atomic E-state index is 12.1. The van der Waals surface area contributed by atoms with E-state index in [-0.39, 0.29) is 22.9 Å². The molecular formula is C14H17ClF3N5O. The van der Waals surface area contributed by atoms with Gasteiger partial charge < -0.3 is 21.1 Å². The van der Waals surface area contributed by atoms with Crippen molar-refractivity contribution in [2.75, 3.05) is 6.54 Å². The average Bonchev–Trinajstić information content (AvgIpc) is 2.47. The zero-order valence-electron chi connectivity index (χ0n) is 12.6. The van der Waals surface area contributed by atoms with Gasteiger partial charge in [0.05, 0.1) is 11.7 Å². The molecule has 0 aromatic heterocycles. The van der Waals surface area contributed by atoms with Crippen LogP contribution in [0, 0.1) is 5.41 Å². The number of halogens is 4. The molecule has 0 saturated carbocycles. The van der Waals surface area contributed by atoms with Crippen LogP contribution in [0.4, 0.5) is 18.9 Å². The molecule has 0 bridgehead atoms. The average molecular weight is 364 g/mol. The second-order valence-electron chi connectivity index (χ2n) is 5.29. The highest BCUT2D eigenvalue weighted by Crippen LogP contribution is 2.26. The summed E-state index contributed by atoms with van der Waals surface area (Å²) in [4.78, 5) is 5.79. The van der Waals surface area contributed by atoms with Gasteiger partial charge in [-0.25, -0.2) is 4.99 Å². The number of benzene rings is 1. The van der Waals surface area contributed by atoms with Gasteiger partial charge in [0.15, 0.2) is 5.96 Å². The number of nitrogens with one attached hydrogen (secondary N) is 1. The molecule has 1 aromatic rings. The lowest BCUT2D eigenvalue weighted by molar-refractivity contribution is -0.274. The molecule has 1 fully saturated rings. The van der Waals surface area contributed by atoms with Crippen LogP contribution in [-0.2, 0) is 0 Å². The largest absolute Gasteiger partial charge is 0.573 e. The van der Waals surface area contributed by atoms with Crippen molar-refractivity contribution < 1.29 is 17.9 Å². The van der Waals surface area contributed by atoms with Gasteiger partial charge in [-0.1, -0.05) is 0 Å². The Morgan fingerprint density at radius 3 is 2.46 bits per heavy atom. The van der Waals surface area contributed by atoms with Crippen molar-refractivity contribution in [2.45, 2.75) is 30.6 Å². The van der Waals surface area contributed by atoms with Crippen molar-refractivity contribution in [3.8, 4) is 5.75 Å². The number of hydrogen-bond donors (Lipinski definition) is 3. The topological polar surface area (TPSA) is 101 Å². The van der Waals surface area contributed by atoms with E-state index in [1.165, 1.54) is 12.1 Å². The number of guanidine groups is 1. The first-order valence-electron chi connectivity index (χ1n) is 7.10. The summed E-state index contributed by atoms with van der Waals surface area (Å²) in [5.41, 5.74) is 11.9. The van der Waals surface area contributed by atoms with Crippen LogP contribution in [0.2, 0.25) is 0 Å². The van der Waals surface area contributed by atoms with Gasteiger partial charge in [0, 0.05) is 11.9 Å². The van der Waals surface area contributed by atoms with E-state index in [0.717, 1.165) is 12.1 Å². The van der Waals surface area contributed by atoms with E-state index in [1.807, 2.05) is 0 Å². The summed E-state index contributed by atoms with van der Waals surface area (Å²) in [5.74, 6) is -0.278. The molecule has 10 heteroatoms. The molecule has 1 aliphatic rings. The molecule has 132 valence electrons. The third-order valence-corrected chi connectivity index (χ3v) is 3.91. The Hall–Kier alpha value is -2.16. The number of alkyl halides is 4. The fourth-order valence-electron chi connectivity index (χ4n) is 2.44. The van der Waals surface area contributed by atoms with Crippen LogP contribution < -0.4 is 16.2 Å². The first-order chi connectivity index (χ1) is 11.2. The summed E-state index contributed by atoms with van der Waals surface area (Å²) in [6.07, 6.45) is -3.59. The van der Waals surface area contributed by atoms with Gasteiger partial charge in [-0.2, -0.15) is 0 Å². The zero-order valence-corrected chi connectivity index (χ0v) is 13.3. The standard InChI is InChI=1S/C14H17ClF3N5O/c15-8-5-6-23(13(20)21)11(7-8)12(19)22-9-1-3-10(4-2-9)24-14(16,17)18/h1-4,8,11H,5-7H2,(H2,19,22)(H3,20,21). The predicted octanol–water partition coefficient (Wildman–Crippen LogP) is 2.54. The van der Waals surface area contributed by atoms with Crippen molar-refractivity contribution in [1.82, 2.24) is 4.90 Å². The van der Waals surface area contributed by atoms with E-state index in [2.05, 4.69) is 9.73 Å². The van der Waals surface area contributed by atoms with E-state index in [1.54, 1.807) is 4.90 Å². The summed E-state index contributed by atoms with van der Waals surface area (Å²) >= 11 is 6.14. The number of nitrogens with two attached hydrogens (primary N) is 2. The third kappa shape index (κ3) is 4.92. The van der Waals surface area contributed by atoms with Crippen LogP contribution in [0.25, 0.3) is 0 Å². The molecule has 24 heavy (non-hydrogen) atoms. The summed E-state index contributed by atoms with van der Waals surface area (Å²) in [5, 5.41) is 7.49. The van der Waals surface area contributed by atoms with E-state index >= 15 is 0 Å². The lowest BCUT2D eigenvalue weighted by Gasteiger charge is -2.37. The van der Waals surface area contributed by atoms with Crippen LogP contribution in [0.3, 0.4) is 0 Å². The Bertz CT molecular complexity index is 620. The first-order valence-corrected chi connectivity index (χ1v) is 7.54.